The van der Waals surface area contributed by atoms with Gasteiger partial charge in [-0.1, -0.05) is 0 Å². The topological polar surface area (TPSA) is 63.4 Å². The molecule has 0 bridgehead atoms. The molecule has 0 saturated carbocycles. The minimum atomic E-state index is -0.465. The molecule has 0 aliphatic carbocycles. The average molecular weight is 232 g/mol. The van der Waals surface area contributed by atoms with Gasteiger partial charge in [-0.05, 0) is 43.5 Å². The number of nitrogens with two attached hydrogens (primary N) is 1. The van der Waals surface area contributed by atoms with Crippen molar-refractivity contribution in [3.8, 4) is 0 Å². The first-order valence-corrected chi connectivity index (χ1v) is 5.79. The molecule has 1 aromatic carbocycles. The summed E-state index contributed by atoms with van der Waals surface area (Å²) in [7, 11) is 0. The number of amides is 2. The lowest BCUT2D eigenvalue weighted by molar-refractivity contribution is 0.0791. The molecule has 0 atom stereocenters. The second-order valence-electron chi connectivity index (χ2n) is 4.39. The van der Waals surface area contributed by atoms with Crippen molar-refractivity contribution in [1.29, 1.82) is 0 Å². The van der Waals surface area contributed by atoms with Crippen molar-refractivity contribution >= 4 is 11.8 Å². The molecule has 90 valence electrons. The first-order chi connectivity index (χ1) is 8.09. The standard InChI is InChI=1S/C13H16N2O2/c1-9-8-10(12(14)16)4-5-11(9)13(17)15-6-2-3-7-15/h4-5,8H,2-3,6-7H2,1H3,(H2,14,16). The maximum Gasteiger partial charge on any atom is 0.254 e. The number of benzene rings is 1. The summed E-state index contributed by atoms with van der Waals surface area (Å²) in [5, 5.41) is 0. The zero-order valence-electron chi connectivity index (χ0n) is 9.90. The number of carbonyl (C=O) groups is 2. The van der Waals surface area contributed by atoms with E-state index in [2.05, 4.69) is 0 Å². The first kappa shape index (κ1) is 11.6. The van der Waals surface area contributed by atoms with Crippen LogP contribution in [-0.4, -0.2) is 29.8 Å². The van der Waals surface area contributed by atoms with Crippen molar-refractivity contribution in [3.05, 3.63) is 34.9 Å². The molecule has 1 heterocycles. The molecule has 2 amide bonds. The SMILES string of the molecule is Cc1cc(C(N)=O)ccc1C(=O)N1CCCC1. The second-order valence-corrected chi connectivity index (χ2v) is 4.39. The van der Waals surface area contributed by atoms with Crippen LogP contribution >= 0.6 is 0 Å². The van der Waals surface area contributed by atoms with Crippen molar-refractivity contribution in [2.75, 3.05) is 13.1 Å². The zero-order valence-corrected chi connectivity index (χ0v) is 9.90. The van der Waals surface area contributed by atoms with E-state index < -0.39 is 5.91 Å². The van der Waals surface area contributed by atoms with Crippen LogP contribution in [0.2, 0.25) is 0 Å². The Hall–Kier alpha value is -1.84. The van der Waals surface area contributed by atoms with E-state index in [4.69, 9.17) is 5.73 Å². The predicted molar refractivity (Wildman–Crippen MR) is 64.8 cm³/mol. The Bertz CT molecular complexity index is 462. The molecule has 4 heteroatoms. The Balaban J connectivity index is 2.26. The third-order valence-corrected chi connectivity index (χ3v) is 3.13. The predicted octanol–water partition coefficient (Wildman–Crippen LogP) is 1.33. The van der Waals surface area contributed by atoms with Crippen molar-refractivity contribution < 1.29 is 9.59 Å². The summed E-state index contributed by atoms with van der Waals surface area (Å²) >= 11 is 0. The molecular weight excluding hydrogens is 216 g/mol. The summed E-state index contributed by atoms with van der Waals surface area (Å²) in [4.78, 5) is 25.0. The number of likely N-dealkylation sites (tertiary alicyclic amines) is 1. The van der Waals surface area contributed by atoms with Gasteiger partial charge in [0, 0.05) is 24.2 Å². The van der Waals surface area contributed by atoms with E-state index in [-0.39, 0.29) is 5.91 Å². The fourth-order valence-corrected chi connectivity index (χ4v) is 2.15. The van der Waals surface area contributed by atoms with Crippen LogP contribution in [0.1, 0.15) is 39.1 Å². The Morgan fingerprint density at radius 1 is 1.24 bits per heavy atom. The van der Waals surface area contributed by atoms with E-state index in [9.17, 15) is 9.59 Å². The molecule has 0 spiro atoms. The fraction of sp³-hybridized carbons (Fsp3) is 0.385. The van der Waals surface area contributed by atoms with E-state index in [0.717, 1.165) is 31.5 Å². The van der Waals surface area contributed by atoms with Crippen molar-refractivity contribution in [2.45, 2.75) is 19.8 Å². The first-order valence-electron chi connectivity index (χ1n) is 5.79. The van der Waals surface area contributed by atoms with Crippen LogP contribution < -0.4 is 5.73 Å². The molecule has 17 heavy (non-hydrogen) atoms. The number of rotatable bonds is 2. The van der Waals surface area contributed by atoms with Gasteiger partial charge in [-0.2, -0.15) is 0 Å². The van der Waals surface area contributed by atoms with Crippen molar-refractivity contribution in [2.24, 2.45) is 5.73 Å². The quantitative estimate of drug-likeness (QED) is 0.836. The van der Waals surface area contributed by atoms with E-state index in [1.165, 1.54) is 0 Å². The van der Waals surface area contributed by atoms with Crippen LogP contribution in [0, 0.1) is 6.92 Å². The van der Waals surface area contributed by atoms with Crippen LogP contribution in [0.3, 0.4) is 0 Å². The third kappa shape index (κ3) is 2.30. The third-order valence-electron chi connectivity index (χ3n) is 3.13. The molecule has 4 nitrogen and oxygen atoms in total. The number of hydrogen-bond donors (Lipinski definition) is 1. The molecule has 0 aromatic heterocycles. The molecule has 1 aliphatic heterocycles. The zero-order chi connectivity index (χ0) is 12.4. The van der Waals surface area contributed by atoms with Gasteiger partial charge in [0.05, 0.1) is 0 Å². The van der Waals surface area contributed by atoms with Crippen molar-refractivity contribution in [1.82, 2.24) is 4.90 Å². The van der Waals surface area contributed by atoms with Gasteiger partial charge in [0.15, 0.2) is 0 Å². The van der Waals surface area contributed by atoms with Gasteiger partial charge in [-0.3, -0.25) is 9.59 Å². The van der Waals surface area contributed by atoms with Gasteiger partial charge in [0.1, 0.15) is 0 Å². The lowest BCUT2D eigenvalue weighted by Crippen LogP contribution is -2.28. The van der Waals surface area contributed by atoms with E-state index in [1.54, 1.807) is 18.2 Å². The Morgan fingerprint density at radius 2 is 1.88 bits per heavy atom. The number of hydrogen-bond acceptors (Lipinski definition) is 2. The van der Waals surface area contributed by atoms with Crippen LogP contribution in [-0.2, 0) is 0 Å². The van der Waals surface area contributed by atoms with Gasteiger partial charge in [0.2, 0.25) is 5.91 Å². The largest absolute Gasteiger partial charge is 0.366 e. The summed E-state index contributed by atoms with van der Waals surface area (Å²) in [5.41, 5.74) is 7.11. The summed E-state index contributed by atoms with van der Waals surface area (Å²) in [6, 6.07) is 4.97. The van der Waals surface area contributed by atoms with Crippen LogP contribution in [0.25, 0.3) is 0 Å². The minimum Gasteiger partial charge on any atom is -0.366 e. The number of aryl methyl sites for hydroxylation is 1. The van der Waals surface area contributed by atoms with Crippen LogP contribution in [0.4, 0.5) is 0 Å². The van der Waals surface area contributed by atoms with Crippen molar-refractivity contribution in [3.63, 3.8) is 0 Å². The summed E-state index contributed by atoms with van der Waals surface area (Å²) in [5.74, 6) is -0.413. The monoisotopic (exact) mass is 232 g/mol. The van der Waals surface area contributed by atoms with Gasteiger partial charge >= 0.3 is 0 Å². The average Bonchev–Trinajstić information content (AvgIpc) is 2.81. The molecular formula is C13H16N2O2. The lowest BCUT2D eigenvalue weighted by Gasteiger charge is -2.16. The molecule has 0 radical (unpaired) electrons. The highest BCUT2D eigenvalue weighted by atomic mass is 16.2. The lowest BCUT2D eigenvalue weighted by atomic mass is 10.0. The Labute approximate surface area is 100 Å². The van der Waals surface area contributed by atoms with Gasteiger partial charge < -0.3 is 10.6 Å². The molecule has 1 aromatic rings. The maximum atomic E-state index is 12.2. The highest BCUT2D eigenvalue weighted by molar-refractivity contribution is 5.98. The Kier molecular flexibility index (Phi) is 3.13. The van der Waals surface area contributed by atoms with Gasteiger partial charge in [-0.25, -0.2) is 0 Å². The van der Waals surface area contributed by atoms with E-state index in [1.807, 2.05) is 11.8 Å². The molecule has 2 N–H and O–H groups in total. The molecule has 2 rings (SSSR count). The minimum absolute atomic E-state index is 0.0519. The number of carbonyl (C=O) groups excluding carboxylic acids is 2. The smallest absolute Gasteiger partial charge is 0.254 e. The maximum absolute atomic E-state index is 12.2. The normalized spacial score (nSPS) is 15.0. The summed E-state index contributed by atoms with van der Waals surface area (Å²) in [6.07, 6.45) is 2.15. The van der Waals surface area contributed by atoms with E-state index >= 15 is 0 Å². The van der Waals surface area contributed by atoms with E-state index in [0.29, 0.717) is 11.1 Å². The highest BCUT2D eigenvalue weighted by Crippen LogP contribution is 2.17. The second kappa shape index (κ2) is 4.57. The highest BCUT2D eigenvalue weighted by Gasteiger charge is 2.21. The van der Waals surface area contributed by atoms with Crippen LogP contribution in [0.5, 0.6) is 0 Å². The van der Waals surface area contributed by atoms with Crippen LogP contribution in [0.15, 0.2) is 18.2 Å². The molecule has 1 saturated heterocycles. The molecule has 0 unspecified atom stereocenters. The summed E-state index contributed by atoms with van der Waals surface area (Å²) < 4.78 is 0. The number of nitrogens with zero attached hydrogens (tertiary/aromatic N) is 1. The number of primary amides is 1. The summed E-state index contributed by atoms with van der Waals surface area (Å²) in [6.45, 7) is 3.49. The van der Waals surface area contributed by atoms with Gasteiger partial charge in [0.25, 0.3) is 5.91 Å². The van der Waals surface area contributed by atoms with Gasteiger partial charge in [-0.15, -0.1) is 0 Å². The fourth-order valence-electron chi connectivity index (χ4n) is 2.15. The Morgan fingerprint density at radius 3 is 2.41 bits per heavy atom. The molecule has 1 fully saturated rings. The molecule has 1 aliphatic rings.